The number of halogens is 1. The molecule has 1 saturated heterocycles. The fourth-order valence-corrected chi connectivity index (χ4v) is 4.80. The number of benzene rings is 3. The van der Waals surface area contributed by atoms with Crippen LogP contribution < -0.4 is 4.90 Å². The maximum absolute atomic E-state index is 13.3. The van der Waals surface area contributed by atoms with Gasteiger partial charge in [0.05, 0.1) is 17.2 Å². The number of nitrogens with zero attached hydrogens (tertiary/aromatic N) is 1. The number of hydrogen-bond acceptors (Lipinski definition) is 4. The van der Waals surface area contributed by atoms with Crippen LogP contribution in [0.5, 0.6) is 0 Å². The van der Waals surface area contributed by atoms with E-state index in [1.807, 2.05) is 32.9 Å². The molecule has 3 aromatic rings. The predicted molar refractivity (Wildman–Crippen MR) is 133 cm³/mol. The Morgan fingerprint density at radius 2 is 1.53 bits per heavy atom. The lowest BCUT2D eigenvalue weighted by Gasteiger charge is -2.26. The van der Waals surface area contributed by atoms with Crippen LogP contribution in [-0.2, 0) is 9.59 Å². The third kappa shape index (κ3) is 4.03. The van der Waals surface area contributed by atoms with Crippen LogP contribution in [0, 0.1) is 20.8 Å². The van der Waals surface area contributed by atoms with Crippen molar-refractivity contribution in [2.24, 2.45) is 0 Å². The largest absolute Gasteiger partial charge is 0.507 e. The lowest BCUT2D eigenvalue weighted by atomic mass is 9.91. The Morgan fingerprint density at radius 3 is 2.12 bits per heavy atom. The Bertz CT molecular complexity index is 1350. The van der Waals surface area contributed by atoms with Crippen molar-refractivity contribution in [1.82, 2.24) is 0 Å². The summed E-state index contributed by atoms with van der Waals surface area (Å²) in [6.45, 7) is 5.63. The van der Waals surface area contributed by atoms with Crippen molar-refractivity contribution in [3.05, 3.63) is 104 Å². The van der Waals surface area contributed by atoms with Crippen molar-refractivity contribution >= 4 is 45.0 Å². The van der Waals surface area contributed by atoms with E-state index in [0.29, 0.717) is 11.1 Å². The molecule has 1 aliphatic heterocycles. The van der Waals surface area contributed by atoms with E-state index in [1.165, 1.54) is 23.1 Å². The predicted octanol–water partition coefficient (Wildman–Crippen LogP) is 5.70. The molecule has 3 aromatic carbocycles. The zero-order valence-electron chi connectivity index (χ0n) is 18.8. The quantitative estimate of drug-likeness (QED) is 0.262. The van der Waals surface area contributed by atoms with Gasteiger partial charge in [-0.3, -0.25) is 14.5 Å². The summed E-state index contributed by atoms with van der Waals surface area (Å²) in [6.07, 6.45) is 0. The number of rotatable bonds is 4. The average molecular weight is 520 g/mol. The van der Waals surface area contributed by atoms with E-state index in [9.17, 15) is 24.6 Å². The molecule has 1 aliphatic rings. The van der Waals surface area contributed by atoms with Gasteiger partial charge in [-0.05, 0) is 67.8 Å². The highest BCUT2D eigenvalue weighted by Crippen LogP contribution is 2.43. The van der Waals surface area contributed by atoms with Crippen LogP contribution in [0.25, 0.3) is 5.76 Å². The zero-order chi connectivity index (χ0) is 24.7. The maximum Gasteiger partial charge on any atom is 0.335 e. The second-order valence-electron chi connectivity index (χ2n) is 8.35. The number of amides is 1. The number of ketones is 1. The Balaban J connectivity index is 2.00. The van der Waals surface area contributed by atoms with E-state index in [1.54, 1.807) is 30.3 Å². The smallest absolute Gasteiger partial charge is 0.335 e. The van der Waals surface area contributed by atoms with Crippen molar-refractivity contribution in [3.63, 3.8) is 0 Å². The molecule has 2 N–H and O–H groups in total. The van der Waals surface area contributed by atoms with Gasteiger partial charge in [0.1, 0.15) is 5.76 Å². The minimum atomic E-state index is -1.15. The number of aliphatic hydroxyl groups is 1. The van der Waals surface area contributed by atoms with Crippen LogP contribution in [0.1, 0.15) is 44.2 Å². The van der Waals surface area contributed by atoms with E-state index in [-0.39, 0.29) is 22.6 Å². The summed E-state index contributed by atoms with van der Waals surface area (Å²) in [4.78, 5) is 39.4. The number of aryl methyl sites for hydroxylation is 3. The second kappa shape index (κ2) is 8.91. The van der Waals surface area contributed by atoms with Gasteiger partial charge >= 0.3 is 5.97 Å². The van der Waals surface area contributed by atoms with Crippen LogP contribution in [-0.4, -0.2) is 27.9 Å². The molecule has 1 amide bonds. The van der Waals surface area contributed by atoms with E-state index in [2.05, 4.69) is 15.9 Å². The normalized spacial score (nSPS) is 17.3. The Labute approximate surface area is 205 Å². The Hall–Kier alpha value is -3.71. The van der Waals surface area contributed by atoms with Gasteiger partial charge < -0.3 is 10.2 Å². The highest BCUT2D eigenvalue weighted by Gasteiger charge is 2.47. The van der Waals surface area contributed by atoms with Crippen LogP contribution in [0.3, 0.4) is 0 Å². The SMILES string of the molecule is Cc1cc(C)c(C(O)=C2C(=O)C(=O)N(c3cccc(C(=O)O)c3)C2c2ccc(Br)cc2)c(C)c1. The third-order valence-electron chi connectivity index (χ3n) is 5.92. The summed E-state index contributed by atoms with van der Waals surface area (Å²) in [6, 6.07) is 15.8. The Kier molecular flexibility index (Phi) is 6.15. The van der Waals surface area contributed by atoms with Gasteiger partial charge in [-0.25, -0.2) is 4.79 Å². The molecule has 1 fully saturated rings. The molecule has 0 spiro atoms. The van der Waals surface area contributed by atoms with Gasteiger partial charge in [0.25, 0.3) is 11.7 Å². The number of hydrogen-bond donors (Lipinski definition) is 2. The first kappa shape index (κ1) is 23.4. The highest BCUT2D eigenvalue weighted by molar-refractivity contribution is 9.10. The molecule has 7 heteroatoms. The zero-order valence-corrected chi connectivity index (χ0v) is 20.4. The standard InChI is InChI=1S/C27H22BrNO5/c1-14-11-15(2)21(16(3)12-14)24(30)22-23(17-7-9-19(28)10-8-17)29(26(32)25(22)31)20-6-4-5-18(13-20)27(33)34/h4-13,23,30H,1-3H3,(H,33,34). The summed E-state index contributed by atoms with van der Waals surface area (Å²) >= 11 is 3.40. The summed E-state index contributed by atoms with van der Waals surface area (Å²) in [5, 5.41) is 20.9. The van der Waals surface area contributed by atoms with Crippen LogP contribution >= 0.6 is 15.9 Å². The van der Waals surface area contributed by atoms with E-state index in [4.69, 9.17) is 0 Å². The van der Waals surface area contributed by atoms with Gasteiger partial charge in [0.2, 0.25) is 0 Å². The molecule has 0 radical (unpaired) electrons. The molecule has 0 saturated carbocycles. The van der Waals surface area contributed by atoms with Crippen molar-refractivity contribution in [2.45, 2.75) is 26.8 Å². The van der Waals surface area contributed by atoms with Crippen LogP contribution in [0.2, 0.25) is 0 Å². The molecule has 1 heterocycles. The number of anilines is 1. The summed E-state index contributed by atoms with van der Waals surface area (Å²) in [5.74, 6) is -3.06. The lowest BCUT2D eigenvalue weighted by molar-refractivity contribution is -0.132. The van der Waals surface area contributed by atoms with Gasteiger partial charge in [0, 0.05) is 15.7 Å². The van der Waals surface area contributed by atoms with Gasteiger partial charge in [-0.2, -0.15) is 0 Å². The molecule has 1 atom stereocenters. The minimum absolute atomic E-state index is 0.0146. The molecular formula is C27H22BrNO5. The molecule has 4 rings (SSSR count). The number of aromatic carboxylic acids is 1. The summed E-state index contributed by atoms with van der Waals surface area (Å²) < 4.78 is 0.811. The van der Waals surface area contributed by atoms with Crippen molar-refractivity contribution in [3.8, 4) is 0 Å². The molecule has 34 heavy (non-hydrogen) atoms. The van der Waals surface area contributed by atoms with Gasteiger partial charge in [-0.15, -0.1) is 0 Å². The first-order valence-electron chi connectivity index (χ1n) is 10.6. The van der Waals surface area contributed by atoms with Crippen molar-refractivity contribution in [1.29, 1.82) is 0 Å². The fraction of sp³-hybridized carbons (Fsp3) is 0.148. The van der Waals surface area contributed by atoms with Crippen LogP contribution in [0.4, 0.5) is 5.69 Å². The number of Topliss-reactive ketones (excluding diaryl/α,β-unsaturated/α-hetero) is 1. The molecule has 0 aliphatic carbocycles. The lowest BCUT2D eigenvalue weighted by Crippen LogP contribution is -2.29. The first-order valence-corrected chi connectivity index (χ1v) is 11.4. The van der Waals surface area contributed by atoms with E-state index >= 15 is 0 Å². The first-order chi connectivity index (χ1) is 16.1. The topological polar surface area (TPSA) is 94.9 Å². The maximum atomic E-state index is 13.3. The minimum Gasteiger partial charge on any atom is -0.507 e. The molecule has 0 bridgehead atoms. The monoisotopic (exact) mass is 519 g/mol. The van der Waals surface area contributed by atoms with Crippen LogP contribution in [0.15, 0.2) is 70.7 Å². The summed E-state index contributed by atoms with van der Waals surface area (Å²) in [5.41, 5.74) is 3.89. The number of carbonyl (C=O) groups is 3. The number of carboxylic acid groups (broad SMARTS) is 1. The average Bonchev–Trinajstić information content (AvgIpc) is 3.04. The molecular weight excluding hydrogens is 498 g/mol. The van der Waals surface area contributed by atoms with E-state index in [0.717, 1.165) is 21.2 Å². The second-order valence-corrected chi connectivity index (χ2v) is 9.27. The molecule has 0 aromatic heterocycles. The Morgan fingerprint density at radius 1 is 0.912 bits per heavy atom. The van der Waals surface area contributed by atoms with Crippen molar-refractivity contribution in [2.75, 3.05) is 4.90 Å². The van der Waals surface area contributed by atoms with Gasteiger partial charge in [-0.1, -0.05) is 51.8 Å². The molecule has 1 unspecified atom stereocenters. The number of carbonyl (C=O) groups excluding carboxylic acids is 2. The molecule has 6 nitrogen and oxygen atoms in total. The third-order valence-corrected chi connectivity index (χ3v) is 6.44. The summed E-state index contributed by atoms with van der Waals surface area (Å²) in [7, 11) is 0. The number of carboxylic acids is 1. The highest BCUT2D eigenvalue weighted by atomic mass is 79.9. The van der Waals surface area contributed by atoms with Crippen molar-refractivity contribution < 1.29 is 24.6 Å². The van der Waals surface area contributed by atoms with E-state index < -0.39 is 23.7 Å². The molecule has 172 valence electrons. The number of aliphatic hydroxyl groups excluding tert-OH is 1. The fourth-order valence-electron chi connectivity index (χ4n) is 4.54. The van der Waals surface area contributed by atoms with Gasteiger partial charge in [0.15, 0.2) is 0 Å².